The molecule has 0 rings (SSSR count). The zero-order valence-corrected chi connectivity index (χ0v) is 7.31. The molecule has 0 aliphatic carbocycles. The van der Waals surface area contributed by atoms with Crippen molar-refractivity contribution in [1.82, 2.24) is 0 Å². The Morgan fingerprint density at radius 3 is 1.00 bits per heavy atom. The molecule has 0 aromatic rings. The van der Waals surface area contributed by atoms with E-state index in [9.17, 15) is 0 Å². The molecule has 0 fully saturated rings. The van der Waals surface area contributed by atoms with Gasteiger partial charge >= 0.3 is 0 Å². The van der Waals surface area contributed by atoms with Crippen LogP contribution in [0.2, 0.25) is 0 Å². The molecule has 1 radical (unpaired) electrons. The molecule has 0 aliphatic rings. The minimum absolute atomic E-state index is 0. The van der Waals surface area contributed by atoms with Crippen LogP contribution in [0.3, 0.4) is 0 Å². The maximum absolute atomic E-state index is 7.57. The summed E-state index contributed by atoms with van der Waals surface area (Å²) in [6.07, 6.45) is 0. The van der Waals surface area contributed by atoms with Gasteiger partial charge in [-0.1, -0.05) is 0 Å². The Kier molecular flexibility index (Phi) is 63.7. The van der Waals surface area contributed by atoms with Gasteiger partial charge in [-0.25, -0.2) is 0 Å². The van der Waals surface area contributed by atoms with Crippen LogP contribution in [-0.4, -0.2) is 53.0 Å². The van der Waals surface area contributed by atoms with Crippen molar-refractivity contribution in [2.24, 2.45) is 0 Å². The third-order valence-electron chi connectivity index (χ3n) is 0. The van der Waals surface area contributed by atoms with Gasteiger partial charge in [0.25, 0.3) is 0 Å². The Balaban J connectivity index is -0.0000000400. The molecule has 0 amide bonds. The monoisotopic (exact) mass is 115 g/mol. The minimum Gasteiger partial charge on any atom is -0.397 e. The Morgan fingerprint density at radius 1 is 1.00 bits per heavy atom. The molecular weight excluding hydrogens is 103 g/mol. The Bertz CT molecular complexity index is 11.7. The van der Waals surface area contributed by atoms with E-state index in [1.807, 2.05) is 0 Å². The summed E-state index contributed by atoms with van der Waals surface area (Å²) in [4.78, 5) is 0. The second kappa shape index (κ2) is 28.4. The van der Waals surface area contributed by atoms with Gasteiger partial charge in [-0.3, -0.25) is 0 Å². The van der Waals surface area contributed by atoms with Gasteiger partial charge in [-0.15, -0.1) is 0 Å². The molecule has 2 N–H and O–H groups in total. The van der Waals surface area contributed by atoms with Gasteiger partial charge in [0, 0.05) is 42.8 Å². The van der Waals surface area contributed by atoms with Gasteiger partial charge in [0.2, 0.25) is 0 Å². The molecule has 0 aliphatic heterocycles. The van der Waals surface area contributed by atoms with Crippen molar-refractivity contribution in [3.8, 4) is 0 Å². The standard InChI is InChI=1S/2C2H6O.Na/c2*1-2-3;/h2*3H,2H2,1H3;. The van der Waals surface area contributed by atoms with E-state index in [1.165, 1.54) is 0 Å². The second-order valence-electron chi connectivity index (χ2n) is 0.632. The summed E-state index contributed by atoms with van der Waals surface area (Å²) < 4.78 is 0. The third kappa shape index (κ3) is 198. The molecule has 0 heterocycles. The summed E-state index contributed by atoms with van der Waals surface area (Å²) in [5.41, 5.74) is 0. The van der Waals surface area contributed by atoms with Crippen molar-refractivity contribution in [1.29, 1.82) is 0 Å². The first kappa shape index (κ1) is 15.7. The molecule has 0 aromatic carbocycles. The van der Waals surface area contributed by atoms with E-state index in [0.717, 1.165) is 0 Å². The summed E-state index contributed by atoms with van der Waals surface area (Å²) in [5, 5.41) is 15.1. The smallest absolute Gasteiger partial charge is 0.0402 e. The van der Waals surface area contributed by atoms with E-state index in [4.69, 9.17) is 10.2 Å². The summed E-state index contributed by atoms with van der Waals surface area (Å²) in [6, 6.07) is 0. The van der Waals surface area contributed by atoms with Crippen LogP contribution in [0.1, 0.15) is 13.8 Å². The van der Waals surface area contributed by atoms with E-state index in [1.54, 1.807) is 13.8 Å². The van der Waals surface area contributed by atoms with Gasteiger partial charge in [0.15, 0.2) is 0 Å². The first-order chi connectivity index (χ1) is 2.83. The van der Waals surface area contributed by atoms with E-state index in [0.29, 0.717) is 0 Å². The quantitative estimate of drug-likeness (QED) is 0.422. The van der Waals surface area contributed by atoms with Crippen molar-refractivity contribution in [2.45, 2.75) is 13.8 Å². The van der Waals surface area contributed by atoms with E-state index in [-0.39, 0.29) is 42.8 Å². The van der Waals surface area contributed by atoms with Gasteiger partial charge in [0.05, 0.1) is 0 Å². The molecule has 2 nitrogen and oxygen atoms in total. The topological polar surface area (TPSA) is 40.5 Å². The summed E-state index contributed by atoms with van der Waals surface area (Å²) in [5.74, 6) is 0. The molecule has 0 unspecified atom stereocenters. The molecule has 7 heavy (non-hydrogen) atoms. The van der Waals surface area contributed by atoms with Crippen LogP contribution >= 0.6 is 0 Å². The predicted molar refractivity (Wildman–Crippen MR) is 31.3 cm³/mol. The first-order valence-corrected chi connectivity index (χ1v) is 2.05. The summed E-state index contributed by atoms with van der Waals surface area (Å²) in [7, 11) is 0. The average Bonchev–Trinajstić information content (AvgIpc) is 1.39. The van der Waals surface area contributed by atoms with E-state index in [2.05, 4.69) is 0 Å². The summed E-state index contributed by atoms with van der Waals surface area (Å²) >= 11 is 0. The fourth-order valence-corrected chi connectivity index (χ4v) is 0. The van der Waals surface area contributed by atoms with Crippen molar-refractivity contribution >= 4 is 29.6 Å². The maximum Gasteiger partial charge on any atom is 0.0402 e. The molecule has 0 bridgehead atoms. The van der Waals surface area contributed by atoms with Crippen LogP contribution in [0.4, 0.5) is 0 Å². The molecule has 0 spiro atoms. The molecule has 41 valence electrons. The minimum atomic E-state index is 0. The second-order valence-corrected chi connectivity index (χ2v) is 0.632. The Labute approximate surface area is 66.8 Å². The van der Waals surface area contributed by atoms with Gasteiger partial charge in [-0.05, 0) is 13.8 Å². The van der Waals surface area contributed by atoms with Crippen molar-refractivity contribution in [2.75, 3.05) is 13.2 Å². The van der Waals surface area contributed by atoms with Crippen LogP contribution in [0, 0.1) is 0 Å². The average molecular weight is 115 g/mol. The zero-order chi connectivity index (χ0) is 5.41. The van der Waals surface area contributed by atoms with Crippen LogP contribution in [0.5, 0.6) is 0 Å². The molecule has 0 aromatic heterocycles. The van der Waals surface area contributed by atoms with Crippen LogP contribution in [0.15, 0.2) is 0 Å². The Morgan fingerprint density at radius 2 is 1.00 bits per heavy atom. The predicted octanol–water partition coefficient (Wildman–Crippen LogP) is -0.384. The zero-order valence-electron chi connectivity index (χ0n) is 5.31. The van der Waals surface area contributed by atoms with Crippen LogP contribution in [-0.2, 0) is 0 Å². The van der Waals surface area contributed by atoms with Crippen molar-refractivity contribution in [3.05, 3.63) is 0 Å². The molecular formula is C4H12NaO2. The van der Waals surface area contributed by atoms with Gasteiger partial charge in [0.1, 0.15) is 0 Å². The van der Waals surface area contributed by atoms with Crippen molar-refractivity contribution in [3.63, 3.8) is 0 Å². The number of hydrogen-bond donors (Lipinski definition) is 2. The van der Waals surface area contributed by atoms with Gasteiger partial charge in [-0.2, -0.15) is 0 Å². The van der Waals surface area contributed by atoms with E-state index >= 15 is 0 Å². The number of aliphatic hydroxyl groups excluding tert-OH is 2. The molecule has 0 atom stereocenters. The van der Waals surface area contributed by atoms with Crippen LogP contribution < -0.4 is 0 Å². The normalized spacial score (nSPS) is 5.14. The van der Waals surface area contributed by atoms with Crippen molar-refractivity contribution < 1.29 is 10.2 Å². The fourth-order valence-electron chi connectivity index (χ4n) is 0. The molecule has 3 heteroatoms. The Hall–Kier alpha value is 0.920. The SMILES string of the molecule is CCO.CCO.[Na]. The maximum atomic E-state index is 7.57. The van der Waals surface area contributed by atoms with Gasteiger partial charge < -0.3 is 10.2 Å². The number of aliphatic hydroxyl groups is 2. The van der Waals surface area contributed by atoms with Crippen LogP contribution in [0.25, 0.3) is 0 Å². The third-order valence-corrected chi connectivity index (χ3v) is 0. The largest absolute Gasteiger partial charge is 0.397 e. The summed E-state index contributed by atoms with van der Waals surface area (Å²) in [6.45, 7) is 3.86. The van der Waals surface area contributed by atoms with E-state index < -0.39 is 0 Å². The fraction of sp³-hybridized carbons (Fsp3) is 1.00. The molecule has 0 saturated heterocycles. The number of rotatable bonds is 0. The molecule has 0 saturated carbocycles. The first-order valence-electron chi connectivity index (χ1n) is 2.05. The number of hydrogen-bond acceptors (Lipinski definition) is 2.